The summed E-state index contributed by atoms with van der Waals surface area (Å²) in [7, 11) is 0. The number of hydrogen-bond acceptors (Lipinski definition) is 13. The van der Waals surface area contributed by atoms with E-state index in [4.69, 9.17) is 25.4 Å². The second kappa shape index (κ2) is 13.2. The number of hydrogen-bond donors (Lipinski definition) is 5. The maximum absolute atomic E-state index is 16.3. The van der Waals surface area contributed by atoms with Crippen LogP contribution < -0.4 is 20.1 Å². The third-order valence-corrected chi connectivity index (χ3v) is 9.28. The van der Waals surface area contributed by atoms with Crippen LogP contribution in [-0.2, 0) is 4.74 Å². The van der Waals surface area contributed by atoms with Crippen LogP contribution >= 0.6 is 0 Å². The van der Waals surface area contributed by atoms with Gasteiger partial charge < -0.3 is 45.3 Å². The number of anilines is 2. The Kier molecular flexibility index (Phi) is 9.02. The predicted molar refractivity (Wildman–Crippen MR) is 166 cm³/mol. The van der Waals surface area contributed by atoms with Gasteiger partial charge in [0.1, 0.15) is 23.2 Å². The van der Waals surface area contributed by atoms with Gasteiger partial charge in [0.15, 0.2) is 17.4 Å². The van der Waals surface area contributed by atoms with Gasteiger partial charge in [-0.1, -0.05) is 0 Å². The van der Waals surface area contributed by atoms with E-state index in [2.05, 4.69) is 24.6 Å². The lowest BCUT2D eigenvalue weighted by atomic mass is 9.98. The summed E-state index contributed by atoms with van der Waals surface area (Å²) < 4.78 is 86.4. The average molecular weight is 709 g/mol. The van der Waals surface area contributed by atoms with Crippen molar-refractivity contribution in [1.82, 2.24) is 19.9 Å². The number of pyridine rings is 1. The Hall–Kier alpha value is -4.20. The molecular weight excluding hydrogens is 675 g/mol. The number of halogens is 5. The molecule has 2 aromatic carbocycles. The van der Waals surface area contributed by atoms with Crippen LogP contribution in [0.15, 0.2) is 24.4 Å². The lowest BCUT2D eigenvalue weighted by Crippen LogP contribution is -2.30. The smallest absolute Gasteiger partial charge is 0.409 e. The van der Waals surface area contributed by atoms with Crippen molar-refractivity contribution in [3.8, 4) is 23.0 Å². The Morgan fingerprint density at radius 1 is 1.06 bits per heavy atom. The Labute approximate surface area is 280 Å². The van der Waals surface area contributed by atoms with Gasteiger partial charge in [0.2, 0.25) is 5.82 Å². The molecule has 5 heterocycles. The summed E-state index contributed by atoms with van der Waals surface area (Å²) >= 11 is 0. The first-order valence-electron chi connectivity index (χ1n) is 15.9. The lowest BCUT2D eigenvalue weighted by Gasteiger charge is -2.24. The zero-order valence-corrected chi connectivity index (χ0v) is 26.3. The molecular formula is C32H33F5N6O7. The Bertz CT molecular complexity index is 1920. The van der Waals surface area contributed by atoms with E-state index in [9.17, 15) is 27.8 Å². The molecule has 50 heavy (non-hydrogen) atoms. The Morgan fingerprint density at radius 3 is 2.60 bits per heavy atom. The molecule has 1 saturated carbocycles. The van der Waals surface area contributed by atoms with Crippen molar-refractivity contribution < 1.29 is 56.6 Å². The summed E-state index contributed by atoms with van der Waals surface area (Å²) in [5.74, 6) is -5.39. The third kappa shape index (κ3) is 6.78. The minimum atomic E-state index is -4.42. The van der Waals surface area contributed by atoms with Gasteiger partial charge in [0.25, 0.3) is 0 Å². The van der Waals surface area contributed by atoms with E-state index in [0.717, 1.165) is 31.5 Å². The van der Waals surface area contributed by atoms with E-state index in [1.807, 2.05) is 4.90 Å². The summed E-state index contributed by atoms with van der Waals surface area (Å²) in [5.41, 5.74) is 4.57. The molecule has 268 valence electrons. The molecule has 4 atom stereocenters. The van der Waals surface area contributed by atoms with Crippen LogP contribution in [0.3, 0.4) is 0 Å². The van der Waals surface area contributed by atoms with Gasteiger partial charge in [-0.05, 0) is 55.8 Å². The topological polar surface area (TPSA) is 180 Å². The first kappa shape index (κ1) is 34.3. The van der Waals surface area contributed by atoms with E-state index >= 15 is 4.39 Å². The van der Waals surface area contributed by atoms with Crippen molar-refractivity contribution >= 4 is 33.2 Å². The fraction of sp³-hybridized carbons (Fsp3) is 0.469. The molecule has 0 amide bonds. The van der Waals surface area contributed by atoms with Crippen molar-refractivity contribution in [1.29, 1.82) is 0 Å². The van der Waals surface area contributed by atoms with Crippen LogP contribution in [-0.4, -0.2) is 104 Å². The van der Waals surface area contributed by atoms with E-state index in [0.29, 0.717) is 38.4 Å². The van der Waals surface area contributed by atoms with Crippen LogP contribution in [0.4, 0.5) is 33.5 Å². The van der Waals surface area contributed by atoms with Crippen LogP contribution in [0, 0.1) is 23.4 Å². The Balaban J connectivity index is 0.000000375. The van der Waals surface area contributed by atoms with Crippen molar-refractivity contribution in [2.24, 2.45) is 5.92 Å². The quantitative estimate of drug-likeness (QED) is 0.112. The highest BCUT2D eigenvalue weighted by atomic mass is 19.2. The predicted octanol–water partition coefficient (Wildman–Crippen LogP) is 2.85. The maximum Gasteiger partial charge on any atom is 0.492 e. The fourth-order valence-corrected chi connectivity index (χ4v) is 7.11. The molecule has 6 N–H and O–H groups in total. The number of fused-ring (bicyclic) bond motifs is 4. The number of nitrogen functional groups attached to an aromatic ring is 1. The summed E-state index contributed by atoms with van der Waals surface area (Å²) in [6, 6.07) is 2.96. The summed E-state index contributed by atoms with van der Waals surface area (Å²) in [6.07, 6.45) is 0.378. The highest BCUT2D eigenvalue weighted by molar-refractivity contribution is 6.04. The van der Waals surface area contributed by atoms with Crippen LogP contribution in [0.2, 0.25) is 0 Å². The van der Waals surface area contributed by atoms with Crippen LogP contribution in [0.1, 0.15) is 25.7 Å². The highest BCUT2D eigenvalue weighted by Crippen LogP contribution is 2.45. The standard InChI is InChI=1S/C25H21F4N5O7.C7H12FN/c26-14-4-9-3-11(30)6-12(16(9)21(17(14)27)41-25(29,37)38)19-18(28)20-13(7-31-19)22(33-23(32-20)40-24(35)36)34-1-2-39-8-10-5-15(10)34;8-6-4-7-2-1-3-9(7)5-6/h3-4,6-7,10,15,24,35-38H,1-2,5,8,30H2;6-7H,1-5H2. The minimum absolute atomic E-state index is 0.0126. The second-order valence-electron chi connectivity index (χ2n) is 12.7. The van der Waals surface area contributed by atoms with Gasteiger partial charge in [0, 0.05) is 53.9 Å². The van der Waals surface area contributed by atoms with E-state index < -0.39 is 64.7 Å². The van der Waals surface area contributed by atoms with Gasteiger partial charge in [-0.25, -0.2) is 13.2 Å². The summed E-state index contributed by atoms with van der Waals surface area (Å²) in [5, 5.41) is 36.4. The van der Waals surface area contributed by atoms with Crippen LogP contribution in [0.5, 0.6) is 11.8 Å². The zero-order valence-electron chi connectivity index (χ0n) is 26.3. The van der Waals surface area contributed by atoms with Crippen molar-refractivity contribution in [2.75, 3.05) is 43.5 Å². The average Bonchev–Trinajstić information content (AvgIpc) is 3.58. The third-order valence-electron chi connectivity index (χ3n) is 9.28. The normalized spacial score (nSPS) is 23.4. The van der Waals surface area contributed by atoms with Gasteiger partial charge >= 0.3 is 18.7 Å². The van der Waals surface area contributed by atoms with Crippen LogP contribution in [0.25, 0.3) is 32.9 Å². The number of nitrogens with two attached hydrogens (primary N) is 1. The van der Waals surface area contributed by atoms with Crippen molar-refractivity contribution in [3.05, 3.63) is 41.8 Å². The van der Waals surface area contributed by atoms with Crippen molar-refractivity contribution in [2.45, 2.75) is 56.6 Å². The monoisotopic (exact) mass is 708 g/mol. The molecule has 4 unspecified atom stereocenters. The number of aliphatic hydroxyl groups excluding tert-OH is 1. The fourth-order valence-electron chi connectivity index (χ4n) is 7.11. The number of nitrogens with zero attached hydrogens (tertiary/aromatic N) is 5. The highest BCUT2D eigenvalue weighted by Gasteiger charge is 2.45. The molecule has 4 aliphatic rings. The lowest BCUT2D eigenvalue weighted by molar-refractivity contribution is -0.375. The van der Waals surface area contributed by atoms with Gasteiger partial charge in [-0.15, -0.1) is 4.39 Å². The summed E-state index contributed by atoms with van der Waals surface area (Å²) in [6.45, 7) is 0.772. The molecule has 0 spiro atoms. The maximum atomic E-state index is 16.3. The SMILES string of the molecule is FC1CC2CCCN2C1.Nc1cc(-c2ncc3c(N4CCOCC5CC54)nc(OC(O)O)nc3c2F)c2c(OC(O)(O)F)c(F)c(F)cc2c1. The number of benzene rings is 2. The molecule has 0 bridgehead atoms. The number of aliphatic hydroxyl groups is 4. The number of aromatic nitrogens is 3. The molecule has 1 aliphatic carbocycles. The molecule has 13 nitrogen and oxygen atoms in total. The van der Waals surface area contributed by atoms with Gasteiger partial charge in [0.05, 0.1) is 18.6 Å². The number of rotatable bonds is 6. The van der Waals surface area contributed by atoms with E-state index in [1.54, 1.807) is 0 Å². The molecule has 3 saturated heterocycles. The largest absolute Gasteiger partial charge is 0.492 e. The number of ether oxygens (including phenoxy) is 3. The first-order chi connectivity index (χ1) is 23.8. The first-order valence-corrected chi connectivity index (χ1v) is 15.9. The molecule has 3 aliphatic heterocycles. The number of alkyl halides is 2. The van der Waals surface area contributed by atoms with E-state index in [-0.39, 0.29) is 39.8 Å². The zero-order chi connectivity index (χ0) is 35.5. The molecule has 4 aromatic rings. The molecule has 0 radical (unpaired) electrons. The summed E-state index contributed by atoms with van der Waals surface area (Å²) in [4.78, 5) is 16.5. The molecule has 4 fully saturated rings. The molecule has 2 aromatic heterocycles. The second-order valence-corrected chi connectivity index (χ2v) is 12.7. The van der Waals surface area contributed by atoms with Crippen molar-refractivity contribution in [3.63, 3.8) is 0 Å². The van der Waals surface area contributed by atoms with E-state index in [1.165, 1.54) is 19.0 Å². The van der Waals surface area contributed by atoms with Gasteiger partial charge in [-0.2, -0.15) is 14.4 Å². The Morgan fingerprint density at radius 2 is 1.86 bits per heavy atom. The molecule has 18 heteroatoms. The minimum Gasteiger partial charge on any atom is -0.409 e. The molecule has 8 rings (SSSR count). The van der Waals surface area contributed by atoms with Gasteiger partial charge in [-0.3, -0.25) is 9.88 Å².